The molecule has 0 N–H and O–H groups in total. The van der Waals surface area contributed by atoms with Gasteiger partial charge in [-0.05, 0) is 53.6 Å². The highest BCUT2D eigenvalue weighted by Gasteiger charge is 2.07. The van der Waals surface area contributed by atoms with E-state index in [-0.39, 0.29) is 11.4 Å². The summed E-state index contributed by atoms with van der Waals surface area (Å²) in [6.45, 7) is 0. The van der Waals surface area contributed by atoms with E-state index in [2.05, 4.69) is 6.07 Å². The van der Waals surface area contributed by atoms with Crippen molar-refractivity contribution in [3.8, 4) is 17.4 Å². The van der Waals surface area contributed by atoms with Gasteiger partial charge in [-0.15, -0.1) is 0 Å². The number of hydrogen-bond donors (Lipinski definition) is 0. The van der Waals surface area contributed by atoms with Crippen LogP contribution in [0.4, 0.5) is 4.39 Å². The van der Waals surface area contributed by atoms with Crippen LogP contribution in [0.15, 0.2) is 65.1 Å². The molecule has 25 heavy (non-hydrogen) atoms. The number of carbonyl (C=O) groups is 1. The van der Waals surface area contributed by atoms with Crippen molar-refractivity contribution in [2.75, 3.05) is 0 Å². The van der Waals surface area contributed by atoms with Crippen LogP contribution in [0.1, 0.15) is 21.7 Å². The summed E-state index contributed by atoms with van der Waals surface area (Å²) in [4.78, 5) is 10.8. The highest BCUT2D eigenvalue weighted by molar-refractivity contribution is 5.91. The van der Waals surface area contributed by atoms with Crippen LogP contribution in [0, 0.1) is 17.1 Å². The minimum absolute atomic E-state index is 0.0395. The van der Waals surface area contributed by atoms with Crippen LogP contribution in [0.5, 0.6) is 0 Å². The van der Waals surface area contributed by atoms with Crippen molar-refractivity contribution >= 4 is 17.6 Å². The second-order valence-electron chi connectivity index (χ2n) is 5.24. The second-order valence-corrected chi connectivity index (χ2v) is 5.24. The summed E-state index contributed by atoms with van der Waals surface area (Å²) in [7, 11) is 0. The molecule has 0 spiro atoms. The molecule has 3 rings (SSSR count). The van der Waals surface area contributed by atoms with Crippen molar-refractivity contribution in [1.82, 2.24) is 0 Å². The van der Waals surface area contributed by atoms with E-state index >= 15 is 0 Å². The lowest BCUT2D eigenvalue weighted by atomic mass is 10.0. The Morgan fingerprint density at radius 2 is 1.64 bits per heavy atom. The van der Waals surface area contributed by atoms with Crippen molar-refractivity contribution in [1.29, 1.82) is 5.26 Å². The zero-order valence-electron chi connectivity index (χ0n) is 12.9. The zero-order valence-corrected chi connectivity index (χ0v) is 12.9. The number of benzene rings is 2. The van der Waals surface area contributed by atoms with Gasteiger partial charge in [0, 0.05) is 5.56 Å². The molecule has 0 radical (unpaired) electrons. The summed E-state index contributed by atoms with van der Waals surface area (Å²) in [6, 6.07) is 17.2. The number of rotatable bonds is 4. The van der Waals surface area contributed by atoms with Crippen molar-refractivity contribution in [2.24, 2.45) is 0 Å². The van der Waals surface area contributed by atoms with Crippen molar-refractivity contribution in [2.45, 2.75) is 0 Å². The number of hydrogen-bond acceptors (Lipinski definition) is 4. The first-order valence-electron chi connectivity index (χ1n) is 7.36. The molecule has 0 saturated carbocycles. The van der Waals surface area contributed by atoms with E-state index in [0.717, 1.165) is 5.56 Å². The number of carboxylic acid groups (broad SMARTS) is 1. The topological polar surface area (TPSA) is 77.1 Å². The largest absolute Gasteiger partial charge is 0.545 e. The van der Waals surface area contributed by atoms with Crippen LogP contribution >= 0.6 is 0 Å². The second kappa shape index (κ2) is 6.85. The predicted octanol–water partition coefficient (Wildman–Crippen LogP) is 3.51. The van der Waals surface area contributed by atoms with Gasteiger partial charge in [0.15, 0.2) is 0 Å². The number of nitriles is 1. The molecule has 122 valence electrons. The Hall–Kier alpha value is -3.65. The van der Waals surface area contributed by atoms with E-state index in [4.69, 9.17) is 4.42 Å². The molecule has 1 heterocycles. The third kappa shape index (κ3) is 3.65. The standard InChI is InChI=1S/C20H12FNO3/c21-17-7-5-14(6-8-17)19-10-9-18(25-19)11-16(12-22)13-1-3-15(4-2-13)20(23)24/h1-11H,(H,23,24)/p-1/b16-11-. The third-order valence-electron chi connectivity index (χ3n) is 3.59. The highest BCUT2D eigenvalue weighted by Crippen LogP contribution is 2.25. The maximum Gasteiger partial charge on any atom is 0.134 e. The van der Waals surface area contributed by atoms with Crippen LogP contribution in [0.3, 0.4) is 0 Å². The Kier molecular flexibility index (Phi) is 4.44. The first kappa shape index (κ1) is 16.2. The van der Waals surface area contributed by atoms with Crippen molar-refractivity contribution < 1.29 is 18.7 Å². The van der Waals surface area contributed by atoms with Gasteiger partial charge in [-0.1, -0.05) is 24.3 Å². The fourth-order valence-corrected chi connectivity index (χ4v) is 2.31. The van der Waals surface area contributed by atoms with Crippen LogP contribution in [0.2, 0.25) is 0 Å². The zero-order chi connectivity index (χ0) is 17.8. The molecule has 0 fully saturated rings. The molecule has 0 unspecified atom stereocenters. The summed E-state index contributed by atoms with van der Waals surface area (Å²) in [6.07, 6.45) is 1.56. The van der Waals surface area contributed by atoms with E-state index in [1.54, 1.807) is 30.3 Å². The van der Waals surface area contributed by atoms with E-state index < -0.39 is 5.97 Å². The maximum absolute atomic E-state index is 13.0. The summed E-state index contributed by atoms with van der Waals surface area (Å²) in [5, 5.41) is 20.1. The average molecular weight is 332 g/mol. The van der Waals surface area contributed by atoms with E-state index in [9.17, 15) is 19.6 Å². The first-order chi connectivity index (χ1) is 12.1. The van der Waals surface area contributed by atoms with E-state index in [0.29, 0.717) is 22.7 Å². The lowest BCUT2D eigenvalue weighted by Gasteiger charge is -2.03. The van der Waals surface area contributed by atoms with Crippen LogP contribution in [0.25, 0.3) is 23.0 Å². The molecule has 0 atom stereocenters. The third-order valence-corrected chi connectivity index (χ3v) is 3.59. The van der Waals surface area contributed by atoms with Gasteiger partial charge in [0.1, 0.15) is 17.3 Å². The molecule has 0 aliphatic rings. The Morgan fingerprint density at radius 1 is 1.00 bits per heavy atom. The van der Waals surface area contributed by atoms with Crippen LogP contribution in [-0.2, 0) is 0 Å². The number of allylic oxidation sites excluding steroid dienone is 1. The van der Waals surface area contributed by atoms with Crippen molar-refractivity contribution in [3.05, 3.63) is 83.4 Å². The lowest BCUT2D eigenvalue weighted by molar-refractivity contribution is -0.255. The van der Waals surface area contributed by atoms with Crippen molar-refractivity contribution in [3.63, 3.8) is 0 Å². The quantitative estimate of drug-likeness (QED) is 0.685. The van der Waals surface area contributed by atoms with Crippen LogP contribution in [-0.4, -0.2) is 5.97 Å². The highest BCUT2D eigenvalue weighted by atomic mass is 19.1. The minimum Gasteiger partial charge on any atom is -0.545 e. The molecule has 0 bridgehead atoms. The average Bonchev–Trinajstić information content (AvgIpc) is 3.09. The normalized spacial score (nSPS) is 11.1. The molecule has 0 aliphatic heterocycles. The molecule has 5 heteroatoms. The van der Waals surface area contributed by atoms with Gasteiger partial charge in [-0.25, -0.2) is 4.39 Å². The smallest absolute Gasteiger partial charge is 0.134 e. The molecule has 3 aromatic rings. The fourth-order valence-electron chi connectivity index (χ4n) is 2.31. The molecule has 0 saturated heterocycles. The summed E-state index contributed by atoms with van der Waals surface area (Å²) in [5.74, 6) is -0.595. The monoisotopic (exact) mass is 332 g/mol. The number of aromatic carboxylic acids is 1. The summed E-state index contributed by atoms with van der Waals surface area (Å²) in [5.41, 5.74) is 1.65. The number of carbonyl (C=O) groups excluding carboxylic acids is 1. The Morgan fingerprint density at radius 3 is 2.24 bits per heavy atom. The van der Waals surface area contributed by atoms with Gasteiger partial charge in [0.05, 0.1) is 17.6 Å². The SMILES string of the molecule is N#C/C(=C/c1ccc(-c2ccc(F)cc2)o1)c1ccc(C(=O)[O-])cc1. The summed E-state index contributed by atoms with van der Waals surface area (Å²) >= 11 is 0. The molecule has 0 amide bonds. The molecule has 1 aromatic heterocycles. The minimum atomic E-state index is -1.27. The number of furan rings is 1. The predicted molar refractivity (Wildman–Crippen MR) is 88.4 cm³/mol. The fraction of sp³-hybridized carbons (Fsp3) is 0. The van der Waals surface area contributed by atoms with E-state index in [1.807, 2.05) is 0 Å². The van der Waals surface area contributed by atoms with Gasteiger partial charge in [-0.3, -0.25) is 0 Å². The van der Waals surface area contributed by atoms with E-state index in [1.165, 1.54) is 36.4 Å². The van der Waals surface area contributed by atoms with Gasteiger partial charge in [0.2, 0.25) is 0 Å². The number of nitrogens with zero attached hydrogens (tertiary/aromatic N) is 1. The molecule has 4 nitrogen and oxygen atoms in total. The Balaban J connectivity index is 1.89. The molecular weight excluding hydrogens is 321 g/mol. The Bertz CT molecular complexity index is 977. The summed E-state index contributed by atoms with van der Waals surface area (Å²) < 4.78 is 18.6. The van der Waals surface area contributed by atoms with Gasteiger partial charge >= 0.3 is 0 Å². The number of halogens is 1. The van der Waals surface area contributed by atoms with Gasteiger partial charge in [0.25, 0.3) is 0 Å². The molecule has 0 aliphatic carbocycles. The first-order valence-corrected chi connectivity index (χ1v) is 7.36. The van der Waals surface area contributed by atoms with Gasteiger partial charge < -0.3 is 14.3 Å². The Labute approximate surface area is 143 Å². The maximum atomic E-state index is 13.0. The molecule has 2 aromatic carbocycles. The lowest BCUT2D eigenvalue weighted by Crippen LogP contribution is -2.21. The molecular formula is C20H11FNO3-. The number of carboxylic acids is 1. The van der Waals surface area contributed by atoms with Crippen LogP contribution < -0.4 is 5.11 Å². The van der Waals surface area contributed by atoms with Gasteiger partial charge in [-0.2, -0.15) is 5.26 Å².